The Hall–Kier alpha value is -1.01. The molecule has 2 unspecified atom stereocenters. The summed E-state index contributed by atoms with van der Waals surface area (Å²) >= 11 is 0. The van der Waals surface area contributed by atoms with Crippen LogP contribution in [0.2, 0.25) is 0 Å². The van der Waals surface area contributed by atoms with Gasteiger partial charge in [0.05, 0.1) is 18.8 Å². The molecule has 0 aliphatic rings. The summed E-state index contributed by atoms with van der Waals surface area (Å²) in [6.45, 7) is 1.39. The highest BCUT2D eigenvalue weighted by Crippen LogP contribution is 2.12. The second-order valence-electron chi connectivity index (χ2n) is 4.04. The van der Waals surface area contributed by atoms with Gasteiger partial charge in [0.1, 0.15) is 5.82 Å². The summed E-state index contributed by atoms with van der Waals surface area (Å²) in [5.41, 5.74) is 0.559. The van der Waals surface area contributed by atoms with Crippen LogP contribution in [0.5, 0.6) is 0 Å². The van der Waals surface area contributed by atoms with E-state index < -0.39 is 6.10 Å². The summed E-state index contributed by atoms with van der Waals surface area (Å²) < 4.78 is 23.1. The molecule has 0 aliphatic carbocycles. The highest BCUT2D eigenvalue weighted by molar-refractivity contribution is 5.18. The SMILES string of the molecule is COCC(CNCC(O)c1cccc(F)c1)OC. The van der Waals surface area contributed by atoms with Gasteiger partial charge in [-0.05, 0) is 17.7 Å². The van der Waals surface area contributed by atoms with Crippen molar-refractivity contribution in [2.75, 3.05) is 33.9 Å². The van der Waals surface area contributed by atoms with E-state index in [2.05, 4.69) is 5.32 Å². The van der Waals surface area contributed by atoms with Crippen LogP contribution in [0.25, 0.3) is 0 Å². The predicted molar refractivity (Wildman–Crippen MR) is 66.9 cm³/mol. The Labute approximate surface area is 107 Å². The van der Waals surface area contributed by atoms with Gasteiger partial charge in [-0.1, -0.05) is 12.1 Å². The van der Waals surface area contributed by atoms with Crippen molar-refractivity contribution in [3.8, 4) is 0 Å². The van der Waals surface area contributed by atoms with Gasteiger partial charge in [0.25, 0.3) is 0 Å². The fourth-order valence-electron chi connectivity index (χ4n) is 1.61. The summed E-state index contributed by atoms with van der Waals surface area (Å²) in [4.78, 5) is 0. The molecule has 1 aromatic carbocycles. The number of nitrogens with one attached hydrogen (secondary N) is 1. The van der Waals surface area contributed by atoms with E-state index in [0.29, 0.717) is 25.3 Å². The monoisotopic (exact) mass is 257 g/mol. The standard InChI is InChI=1S/C13H20FNO3/c1-17-9-12(18-2)7-15-8-13(16)10-4-3-5-11(14)6-10/h3-6,12-13,15-16H,7-9H2,1-2H3. The van der Waals surface area contributed by atoms with E-state index in [1.54, 1.807) is 26.4 Å². The average molecular weight is 257 g/mol. The number of halogens is 1. The second kappa shape index (κ2) is 8.16. The minimum atomic E-state index is -0.735. The first-order valence-corrected chi connectivity index (χ1v) is 5.83. The van der Waals surface area contributed by atoms with E-state index in [9.17, 15) is 9.50 Å². The Morgan fingerprint density at radius 2 is 2.11 bits per heavy atom. The molecule has 0 saturated carbocycles. The number of hydrogen-bond acceptors (Lipinski definition) is 4. The number of rotatable bonds is 8. The number of aliphatic hydroxyl groups excluding tert-OH is 1. The minimum Gasteiger partial charge on any atom is -0.387 e. The number of ether oxygens (including phenoxy) is 2. The molecule has 0 spiro atoms. The lowest BCUT2D eigenvalue weighted by Crippen LogP contribution is -2.34. The molecule has 0 saturated heterocycles. The lowest BCUT2D eigenvalue weighted by molar-refractivity contribution is 0.0270. The molecule has 18 heavy (non-hydrogen) atoms. The smallest absolute Gasteiger partial charge is 0.123 e. The zero-order chi connectivity index (χ0) is 13.4. The summed E-state index contributed by atoms with van der Waals surface area (Å²) in [6.07, 6.45) is -0.796. The van der Waals surface area contributed by atoms with Crippen LogP contribution in [0.1, 0.15) is 11.7 Å². The van der Waals surface area contributed by atoms with Gasteiger partial charge in [0.15, 0.2) is 0 Å². The van der Waals surface area contributed by atoms with E-state index >= 15 is 0 Å². The van der Waals surface area contributed by atoms with Crippen LogP contribution < -0.4 is 5.32 Å². The van der Waals surface area contributed by atoms with Crippen LogP contribution >= 0.6 is 0 Å². The van der Waals surface area contributed by atoms with E-state index in [-0.39, 0.29) is 11.9 Å². The Morgan fingerprint density at radius 3 is 2.72 bits per heavy atom. The number of aliphatic hydroxyl groups is 1. The zero-order valence-corrected chi connectivity index (χ0v) is 10.7. The molecule has 1 rings (SSSR count). The van der Waals surface area contributed by atoms with Gasteiger partial charge in [-0.3, -0.25) is 0 Å². The van der Waals surface area contributed by atoms with Crippen LogP contribution in [0.4, 0.5) is 4.39 Å². The van der Waals surface area contributed by atoms with Crippen molar-refractivity contribution in [2.45, 2.75) is 12.2 Å². The third kappa shape index (κ3) is 5.10. The quantitative estimate of drug-likeness (QED) is 0.732. The second-order valence-corrected chi connectivity index (χ2v) is 4.04. The molecule has 0 bridgehead atoms. The fourth-order valence-corrected chi connectivity index (χ4v) is 1.61. The van der Waals surface area contributed by atoms with Gasteiger partial charge in [-0.25, -0.2) is 4.39 Å². The molecule has 1 aromatic rings. The molecule has 102 valence electrons. The molecular weight excluding hydrogens is 237 g/mol. The first kappa shape index (κ1) is 15.0. The molecule has 0 radical (unpaired) electrons. The first-order valence-electron chi connectivity index (χ1n) is 5.83. The summed E-state index contributed by atoms with van der Waals surface area (Å²) in [5.74, 6) is -0.347. The van der Waals surface area contributed by atoms with Gasteiger partial charge in [-0.2, -0.15) is 0 Å². The van der Waals surface area contributed by atoms with Crippen molar-refractivity contribution in [1.82, 2.24) is 5.32 Å². The van der Waals surface area contributed by atoms with Crippen molar-refractivity contribution >= 4 is 0 Å². The topological polar surface area (TPSA) is 50.7 Å². The van der Waals surface area contributed by atoms with Crippen LogP contribution in [-0.4, -0.2) is 45.1 Å². The van der Waals surface area contributed by atoms with E-state index in [1.165, 1.54) is 12.1 Å². The van der Waals surface area contributed by atoms with Crippen LogP contribution in [0.15, 0.2) is 24.3 Å². The van der Waals surface area contributed by atoms with Crippen molar-refractivity contribution in [1.29, 1.82) is 0 Å². The van der Waals surface area contributed by atoms with E-state index in [0.717, 1.165) is 0 Å². The Bertz CT molecular complexity index is 349. The highest BCUT2D eigenvalue weighted by Gasteiger charge is 2.10. The molecule has 0 amide bonds. The number of methoxy groups -OCH3 is 2. The van der Waals surface area contributed by atoms with Crippen molar-refractivity contribution in [2.24, 2.45) is 0 Å². The summed E-state index contributed by atoms with van der Waals surface area (Å²) in [6, 6.07) is 5.95. The maximum absolute atomic E-state index is 13.0. The van der Waals surface area contributed by atoms with Gasteiger partial charge in [-0.15, -0.1) is 0 Å². The van der Waals surface area contributed by atoms with Crippen molar-refractivity contribution in [3.05, 3.63) is 35.6 Å². The molecule has 0 aliphatic heterocycles. The molecular formula is C13H20FNO3. The number of benzene rings is 1. The molecule has 2 N–H and O–H groups in total. The van der Waals surface area contributed by atoms with Crippen molar-refractivity contribution in [3.63, 3.8) is 0 Å². The Morgan fingerprint density at radius 1 is 1.33 bits per heavy atom. The fraction of sp³-hybridized carbons (Fsp3) is 0.538. The average Bonchev–Trinajstić information content (AvgIpc) is 2.37. The van der Waals surface area contributed by atoms with Gasteiger partial charge < -0.3 is 19.9 Å². The van der Waals surface area contributed by atoms with Crippen LogP contribution in [0, 0.1) is 5.82 Å². The predicted octanol–water partition coefficient (Wildman–Crippen LogP) is 1.11. The molecule has 0 heterocycles. The number of hydrogen-bond donors (Lipinski definition) is 2. The van der Waals surface area contributed by atoms with E-state index in [1.807, 2.05) is 0 Å². The Kier molecular flexibility index (Phi) is 6.82. The maximum atomic E-state index is 13.0. The Balaban J connectivity index is 2.34. The molecule has 2 atom stereocenters. The maximum Gasteiger partial charge on any atom is 0.123 e. The van der Waals surface area contributed by atoms with Crippen LogP contribution in [0.3, 0.4) is 0 Å². The minimum absolute atomic E-state index is 0.0605. The van der Waals surface area contributed by atoms with Gasteiger partial charge >= 0.3 is 0 Å². The summed E-state index contributed by atoms with van der Waals surface area (Å²) in [5, 5.41) is 12.9. The summed E-state index contributed by atoms with van der Waals surface area (Å²) in [7, 11) is 3.21. The molecule has 0 aromatic heterocycles. The lowest BCUT2D eigenvalue weighted by Gasteiger charge is -2.17. The lowest BCUT2D eigenvalue weighted by atomic mass is 10.1. The van der Waals surface area contributed by atoms with E-state index in [4.69, 9.17) is 9.47 Å². The van der Waals surface area contributed by atoms with Gasteiger partial charge in [0.2, 0.25) is 0 Å². The first-order chi connectivity index (χ1) is 8.67. The van der Waals surface area contributed by atoms with Crippen molar-refractivity contribution < 1.29 is 19.0 Å². The normalized spacial score (nSPS) is 14.4. The third-order valence-corrected chi connectivity index (χ3v) is 2.63. The molecule has 5 heteroatoms. The molecule has 0 fully saturated rings. The molecule has 4 nitrogen and oxygen atoms in total. The third-order valence-electron chi connectivity index (χ3n) is 2.63. The largest absolute Gasteiger partial charge is 0.387 e. The highest BCUT2D eigenvalue weighted by atomic mass is 19.1. The zero-order valence-electron chi connectivity index (χ0n) is 10.7. The van der Waals surface area contributed by atoms with Gasteiger partial charge in [0, 0.05) is 27.3 Å². The van der Waals surface area contributed by atoms with Crippen LogP contribution in [-0.2, 0) is 9.47 Å².